The van der Waals surface area contributed by atoms with Crippen LogP contribution in [0.4, 0.5) is 0 Å². The predicted octanol–water partition coefficient (Wildman–Crippen LogP) is 4.20. The van der Waals surface area contributed by atoms with Crippen LogP contribution in [0.15, 0.2) is 24.3 Å². The molecule has 192 valence electrons. The number of rotatable bonds is 8. The third-order valence-corrected chi connectivity index (χ3v) is 8.20. The SMILES string of the molecule is O=C(O)c1ccc2c(c1)C(O)c1c-2cc(CCN2CCCCC2)c(C(=O)O)c1CCN1CCCCC1. The molecule has 5 rings (SSSR count). The van der Waals surface area contributed by atoms with Crippen molar-refractivity contribution in [3.8, 4) is 11.1 Å². The van der Waals surface area contributed by atoms with Gasteiger partial charge in [0.1, 0.15) is 6.10 Å². The van der Waals surface area contributed by atoms with Gasteiger partial charge in [0.15, 0.2) is 0 Å². The van der Waals surface area contributed by atoms with Crippen LogP contribution in [0.1, 0.15) is 87.6 Å². The van der Waals surface area contributed by atoms with Gasteiger partial charge in [-0.25, -0.2) is 9.59 Å². The number of hydrogen-bond acceptors (Lipinski definition) is 5. The van der Waals surface area contributed by atoms with Gasteiger partial charge in [-0.15, -0.1) is 0 Å². The Kier molecular flexibility index (Phi) is 7.42. The summed E-state index contributed by atoms with van der Waals surface area (Å²) in [7, 11) is 0. The van der Waals surface area contributed by atoms with Crippen LogP contribution in [0.5, 0.6) is 0 Å². The van der Waals surface area contributed by atoms with Crippen molar-refractivity contribution in [2.45, 2.75) is 57.5 Å². The molecule has 0 saturated carbocycles. The summed E-state index contributed by atoms with van der Waals surface area (Å²) in [6.45, 7) is 5.71. The van der Waals surface area contributed by atoms with Crippen molar-refractivity contribution in [1.82, 2.24) is 9.80 Å². The van der Waals surface area contributed by atoms with Crippen LogP contribution in [-0.4, -0.2) is 76.3 Å². The molecule has 0 amide bonds. The molecule has 2 heterocycles. The highest BCUT2D eigenvalue weighted by Gasteiger charge is 2.34. The average molecular weight is 493 g/mol. The molecule has 1 atom stereocenters. The van der Waals surface area contributed by atoms with Gasteiger partial charge in [-0.3, -0.25) is 0 Å². The molecular weight excluding hydrogens is 456 g/mol. The van der Waals surface area contributed by atoms with Crippen LogP contribution in [-0.2, 0) is 12.8 Å². The quantitative estimate of drug-likeness (QED) is 0.508. The Morgan fingerprint density at radius 3 is 1.97 bits per heavy atom. The first-order valence-corrected chi connectivity index (χ1v) is 13.4. The topological polar surface area (TPSA) is 101 Å². The zero-order valence-corrected chi connectivity index (χ0v) is 20.8. The van der Waals surface area contributed by atoms with Crippen LogP contribution in [0.3, 0.4) is 0 Å². The minimum atomic E-state index is -1.04. The Morgan fingerprint density at radius 2 is 1.39 bits per heavy atom. The van der Waals surface area contributed by atoms with E-state index >= 15 is 0 Å². The second-order valence-electron chi connectivity index (χ2n) is 10.5. The first-order chi connectivity index (χ1) is 17.4. The Hall–Kier alpha value is -2.74. The van der Waals surface area contributed by atoms with Crippen molar-refractivity contribution in [3.05, 3.63) is 57.6 Å². The van der Waals surface area contributed by atoms with E-state index < -0.39 is 18.0 Å². The first kappa shape index (κ1) is 24.9. The number of fused-ring (bicyclic) bond motifs is 3. The average Bonchev–Trinajstić information content (AvgIpc) is 3.17. The molecule has 0 aromatic heterocycles. The molecule has 3 N–H and O–H groups in total. The number of likely N-dealkylation sites (tertiary alicyclic amines) is 2. The molecule has 0 spiro atoms. The zero-order valence-electron chi connectivity index (χ0n) is 20.8. The molecule has 2 aromatic rings. The Morgan fingerprint density at radius 1 is 0.778 bits per heavy atom. The van der Waals surface area contributed by atoms with Gasteiger partial charge in [0, 0.05) is 13.1 Å². The number of benzene rings is 2. The summed E-state index contributed by atoms with van der Waals surface area (Å²) in [4.78, 5) is 29.1. The number of nitrogens with zero attached hydrogens (tertiary/aromatic N) is 2. The van der Waals surface area contributed by atoms with Crippen molar-refractivity contribution in [3.63, 3.8) is 0 Å². The Balaban J connectivity index is 1.56. The van der Waals surface area contributed by atoms with E-state index in [1.165, 1.54) is 31.7 Å². The maximum Gasteiger partial charge on any atom is 0.336 e. The highest BCUT2D eigenvalue weighted by molar-refractivity contribution is 5.96. The number of carboxylic acid groups (broad SMARTS) is 2. The molecule has 2 aliphatic heterocycles. The van der Waals surface area contributed by atoms with E-state index in [0.717, 1.165) is 68.8 Å². The summed E-state index contributed by atoms with van der Waals surface area (Å²) in [5.41, 5.74) is 4.81. The van der Waals surface area contributed by atoms with Crippen LogP contribution in [0.2, 0.25) is 0 Å². The van der Waals surface area contributed by atoms with Gasteiger partial charge in [0.25, 0.3) is 0 Å². The second kappa shape index (κ2) is 10.7. The maximum absolute atomic E-state index is 12.7. The van der Waals surface area contributed by atoms with E-state index in [9.17, 15) is 24.9 Å². The summed E-state index contributed by atoms with van der Waals surface area (Å²) >= 11 is 0. The lowest BCUT2D eigenvalue weighted by molar-refractivity contribution is 0.0684. The summed E-state index contributed by atoms with van der Waals surface area (Å²) in [6.07, 6.45) is 7.34. The fraction of sp³-hybridized carbons (Fsp3) is 0.517. The third kappa shape index (κ3) is 4.92. The molecule has 7 heteroatoms. The van der Waals surface area contributed by atoms with Crippen molar-refractivity contribution in [1.29, 1.82) is 0 Å². The maximum atomic E-state index is 12.7. The number of aromatic carboxylic acids is 2. The molecule has 2 aromatic carbocycles. The number of carboxylic acids is 2. The minimum absolute atomic E-state index is 0.124. The van der Waals surface area contributed by atoms with Crippen LogP contribution >= 0.6 is 0 Å². The monoisotopic (exact) mass is 492 g/mol. The van der Waals surface area contributed by atoms with E-state index in [-0.39, 0.29) is 5.56 Å². The van der Waals surface area contributed by atoms with Crippen LogP contribution in [0, 0.1) is 0 Å². The van der Waals surface area contributed by atoms with Gasteiger partial charge in [0.05, 0.1) is 11.1 Å². The lowest BCUT2D eigenvalue weighted by atomic mass is 9.87. The predicted molar refractivity (Wildman–Crippen MR) is 138 cm³/mol. The van der Waals surface area contributed by atoms with Gasteiger partial charge < -0.3 is 25.1 Å². The van der Waals surface area contributed by atoms with E-state index in [1.54, 1.807) is 12.1 Å². The standard InChI is InChI=1S/C29H36N2O5/c32-27-24-18-20(28(33)34)7-8-21(24)23-17-19(9-15-30-11-3-1-4-12-30)25(29(35)36)22(26(23)27)10-16-31-13-5-2-6-14-31/h7-8,17-18,27,32H,1-6,9-16H2,(H,33,34)(H,35,36). The van der Waals surface area contributed by atoms with Crippen molar-refractivity contribution in [2.75, 3.05) is 39.3 Å². The lowest BCUT2D eigenvalue weighted by Gasteiger charge is -2.28. The van der Waals surface area contributed by atoms with E-state index in [1.807, 2.05) is 6.07 Å². The summed E-state index contributed by atoms with van der Waals surface area (Å²) < 4.78 is 0. The van der Waals surface area contributed by atoms with E-state index in [4.69, 9.17) is 0 Å². The number of aliphatic hydroxyl groups excluding tert-OH is 1. The molecule has 1 aliphatic carbocycles. The van der Waals surface area contributed by atoms with Gasteiger partial charge in [-0.1, -0.05) is 18.9 Å². The Labute approximate surface area is 212 Å². The second-order valence-corrected chi connectivity index (χ2v) is 10.5. The van der Waals surface area contributed by atoms with Crippen molar-refractivity contribution < 1.29 is 24.9 Å². The van der Waals surface area contributed by atoms with Gasteiger partial charge >= 0.3 is 11.9 Å². The normalized spacial score (nSPS) is 20.2. The summed E-state index contributed by atoms with van der Waals surface area (Å²) in [5, 5.41) is 31.3. The van der Waals surface area contributed by atoms with Gasteiger partial charge in [-0.2, -0.15) is 0 Å². The molecule has 2 saturated heterocycles. The van der Waals surface area contributed by atoms with Crippen LogP contribution < -0.4 is 0 Å². The molecule has 2 fully saturated rings. The number of aliphatic hydroxyl groups is 1. The molecule has 3 aliphatic rings. The molecule has 7 nitrogen and oxygen atoms in total. The fourth-order valence-corrected chi connectivity index (χ4v) is 6.31. The summed E-state index contributed by atoms with van der Waals surface area (Å²) in [6, 6.07) is 6.80. The largest absolute Gasteiger partial charge is 0.478 e. The number of carbonyl (C=O) groups is 2. The number of hydrogen-bond donors (Lipinski definition) is 3. The highest BCUT2D eigenvalue weighted by atomic mass is 16.4. The van der Waals surface area contributed by atoms with E-state index in [0.29, 0.717) is 35.1 Å². The zero-order chi connectivity index (χ0) is 25.2. The summed E-state index contributed by atoms with van der Waals surface area (Å²) in [5.74, 6) is -1.99. The molecular formula is C29H36N2O5. The van der Waals surface area contributed by atoms with Crippen molar-refractivity contribution >= 4 is 11.9 Å². The highest BCUT2D eigenvalue weighted by Crippen LogP contribution is 2.47. The van der Waals surface area contributed by atoms with E-state index in [2.05, 4.69) is 9.80 Å². The van der Waals surface area contributed by atoms with Gasteiger partial charge in [-0.05, 0) is 116 Å². The first-order valence-electron chi connectivity index (χ1n) is 13.4. The molecule has 0 bridgehead atoms. The smallest absolute Gasteiger partial charge is 0.336 e. The fourth-order valence-electron chi connectivity index (χ4n) is 6.31. The molecule has 1 unspecified atom stereocenters. The third-order valence-electron chi connectivity index (χ3n) is 8.20. The molecule has 36 heavy (non-hydrogen) atoms. The number of piperidine rings is 2. The Bertz CT molecular complexity index is 1150. The minimum Gasteiger partial charge on any atom is -0.478 e. The lowest BCUT2D eigenvalue weighted by Crippen LogP contribution is -2.33. The molecule has 0 radical (unpaired) electrons. The van der Waals surface area contributed by atoms with Gasteiger partial charge in [0.2, 0.25) is 0 Å². The van der Waals surface area contributed by atoms with Crippen LogP contribution in [0.25, 0.3) is 11.1 Å². The van der Waals surface area contributed by atoms with Crippen molar-refractivity contribution in [2.24, 2.45) is 0 Å².